The van der Waals surface area contributed by atoms with Crippen LogP contribution < -0.4 is 0 Å². The van der Waals surface area contributed by atoms with Gasteiger partial charge in [-0.25, -0.2) is 0 Å². The Morgan fingerprint density at radius 1 is 0.950 bits per heavy atom. The van der Waals surface area contributed by atoms with Gasteiger partial charge in [0.25, 0.3) is 0 Å². The van der Waals surface area contributed by atoms with Crippen LogP contribution in [0.3, 0.4) is 0 Å². The standard InChI is InChI=1S/C19H14O/c1-13-10-11-16-17-9-5-8-15(14-6-3-2-4-7-14)19(17)20-18(16)12-13/h2-12H,1H3/i2D,3D,4D,6D,7D. The van der Waals surface area contributed by atoms with Crippen molar-refractivity contribution in [2.75, 3.05) is 0 Å². The molecule has 0 aliphatic carbocycles. The van der Waals surface area contributed by atoms with Gasteiger partial charge in [0.15, 0.2) is 0 Å². The Hall–Kier alpha value is -2.54. The zero-order valence-electron chi connectivity index (χ0n) is 15.9. The second-order valence-corrected chi connectivity index (χ2v) is 4.78. The molecule has 4 aromatic rings. The van der Waals surface area contributed by atoms with E-state index < -0.39 is 6.04 Å². The van der Waals surface area contributed by atoms with Crippen LogP contribution in [0.25, 0.3) is 33.1 Å². The van der Waals surface area contributed by atoms with Crippen LogP contribution in [0.5, 0.6) is 0 Å². The van der Waals surface area contributed by atoms with E-state index in [1.807, 2.05) is 37.3 Å². The van der Waals surface area contributed by atoms with Gasteiger partial charge in [-0.3, -0.25) is 0 Å². The summed E-state index contributed by atoms with van der Waals surface area (Å²) >= 11 is 0. The summed E-state index contributed by atoms with van der Waals surface area (Å²) in [5.41, 5.74) is 2.98. The second-order valence-electron chi connectivity index (χ2n) is 4.78. The lowest BCUT2D eigenvalue weighted by molar-refractivity contribution is 0.669. The third kappa shape index (κ3) is 1.64. The van der Waals surface area contributed by atoms with Crippen molar-refractivity contribution in [3.8, 4) is 11.1 Å². The van der Waals surface area contributed by atoms with Gasteiger partial charge < -0.3 is 4.42 Å². The monoisotopic (exact) mass is 263 g/mol. The highest BCUT2D eigenvalue weighted by Gasteiger charge is 2.11. The van der Waals surface area contributed by atoms with Crippen molar-refractivity contribution in [1.82, 2.24) is 0 Å². The molecule has 0 saturated heterocycles. The Morgan fingerprint density at radius 2 is 1.80 bits per heavy atom. The summed E-state index contributed by atoms with van der Waals surface area (Å²) in [7, 11) is 0. The maximum absolute atomic E-state index is 8.20. The van der Waals surface area contributed by atoms with Crippen molar-refractivity contribution in [2.45, 2.75) is 6.92 Å². The van der Waals surface area contributed by atoms with Crippen LogP contribution in [0.4, 0.5) is 0 Å². The second kappa shape index (κ2) is 4.24. The molecule has 0 saturated carbocycles. The first kappa shape index (κ1) is 7.30. The topological polar surface area (TPSA) is 13.1 Å². The normalized spacial score (nSPS) is 14.8. The van der Waals surface area contributed by atoms with Crippen LogP contribution in [0.15, 0.2) is 71.0 Å². The summed E-state index contributed by atoms with van der Waals surface area (Å²) in [6, 6.07) is 9.81. The van der Waals surface area contributed by atoms with Crippen molar-refractivity contribution in [3.05, 3.63) is 72.2 Å². The molecule has 20 heavy (non-hydrogen) atoms. The van der Waals surface area contributed by atoms with Crippen molar-refractivity contribution < 1.29 is 11.3 Å². The van der Waals surface area contributed by atoms with E-state index >= 15 is 0 Å². The third-order valence-corrected chi connectivity index (χ3v) is 3.42. The summed E-state index contributed by atoms with van der Waals surface area (Å²) in [4.78, 5) is 0. The fourth-order valence-electron chi connectivity index (χ4n) is 2.49. The van der Waals surface area contributed by atoms with E-state index in [9.17, 15) is 0 Å². The van der Waals surface area contributed by atoms with Crippen LogP contribution >= 0.6 is 0 Å². The van der Waals surface area contributed by atoms with E-state index in [-0.39, 0.29) is 29.7 Å². The van der Waals surface area contributed by atoms with E-state index in [1.54, 1.807) is 6.07 Å². The van der Waals surface area contributed by atoms with Gasteiger partial charge in [-0.15, -0.1) is 0 Å². The minimum atomic E-state index is -0.397. The van der Waals surface area contributed by atoms with Gasteiger partial charge in [0.2, 0.25) is 0 Å². The predicted molar refractivity (Wildman–Crippen MR) is 83.9 cm³/mol. The van der Waals surface area contributed by atoms with Crippen molar-refractivity contribution in [1.29, 1.82) is 0 Å². The number of aryl methyl sites for hydroxylation is 1. The summed E-state index contributed by atoms with van der Waals surface area (Å²) in [5.74, 6) is 0. The molecule has 0 unspecified atom stereocenters. The molecular formula is C19H14O. The zero-order valence-corrected chi connectivity index (χ0v) is 10.9. The maximum atomic E-state index is 8.20. The average molecular weight is 263 g/mol. The largest absolute Gasteiger partial charge is 0.455 e. The number of benzene rings is 3. The van der Waals surface area contributed by atoms with Gasteiger partial charge in [0.1, 0.15) is 11.2 Å². The van der Waals surface area contributed by atoms with Gasteiger partial charge in [-0.2, -0.15) is 0 Å². The number of hydrogen-bond donors (Lipinski definition) is 0. The van der Waals surface area contributed by atoms with E-state index in [2.05, 4.69) is 0 Å². The number of fused-ring (bicyclic) bond motifs is 3. The van der Waals surface area contributed by atoms with Crippen LogP contribution in [-0.2, 0) is 0 Å². The third-order valence-electron chi connectivity index (χ3n) is 3.42. The molecule has 0 atom stereocenters. The Balaban J connectivity index is 2.14. The lowest BCUT2D eigenvalue weighted by Crippen LogP contribution is -1.77. The average Bonchev–Trinajstić information content (AvgIpc) is 2.96. The smallest absolute Gasteiger partial charge is 0.143 e. The van der Waals surface area contributed by atoms with E-state index in [0.29, 0.717) is 11.1 Å². The van der Waals surface area contributed by atoms with Crippen LogP contribution in [0.1, 0.15) is 12.4 Å². The molecule has 96 valence electrons. The molecule has 0 radical (unpaired) electrons. The Morgan fingerprint density at radius 3 is 2.65 bits per heavy atom. The maximum Gasteiger partial charge on any atom is 0.143 e. The highest BCUT2D eigenvalue weighted by atomic mass is 16.3. The van der Waals surface area contributed by atoms with Crippen LogP contribution in [0.2, 0.25) is 0 Å². The molecule has 0 aliphatic heterocycles. The predicted octanol–water partition coefficient (Wildman–Crippen LogP) is 5.56. The molecular weight excluding hydrogens is 244 g/mol. The van der Waals surface area contributed by atoms with Gasteiger partial charge >= 0.3 is 0 Å². The minimum Gasteiger partial charge on any atom is -0.455 e. The SMILES string of the molecule is [2H]c1c([2H])c([2H])c(-c2cccc3c2oc2cc(C)ccc23)c([2H])c1[2H]. The van der Waals surface area contributed by atoms with Gasteiger partial charge in [0, 0.05) is 16.3 Å². The van der Waals surface area contributed by atoms with E-state index in [1.165, 1.54) is 0 Å². The molecule has 1 heteroatoms. The summed E-state index contributed by atoms with van der Waals surface area (Å²) in [6.45, 7) is 1.98. The van der Waals surface area contributed by atoms with Gasteiger partial charge in [0.05, 0.1) is 6.85 Å². The molecule has 0 aliphatic rings. The van der Waals surface area contributed by atoms with Crippen molar-refractivity contribution in [2.24, 2.45) is 0 Å². The first-order valence-corrected chi connectivity index (χ1v) is 6.39. The van der Waals surface area contributed by atoms with Crippen molar-refractivity contribution >= 4 is 21.9 Å². The van der Waals surface area contributed by atoms with Crippen LogP contribution in [0, 0.1) is 6.92 Å². The Bertz CT molecular complexity index is 1130. The molecule has 1 nitrogen and oxygen atoms in total. The highest BCUT2D eigenvalue weighted by molar-refractivity contribution is 6.09. The zero-order chi connectivity index (χ0) is 17.9. The van der Waals surface area contributed by atoms with Gasteiger partial charge in [-0.05, 0) is 24.1 Å². The fourth-order valence-corrected chi connectivity index (χ4v) is 2.49. The molecule has 3 aromatic carbocycles. The molecule has 0 spiro atoms. The summed E-state index contributed by atoms with van der Waals surface area (Å²) in [6.07, 6.45) is 0. The van der Waals surface area contributed by atoms with E-state index in [4.69, 9.17) is 11.3 Å². The molecule has 0 fully saturated rings. The first-order valence-electron chi connectivity index (χ1n) is 8.89. The van der Waals surface area contributed by atoms with Crippen LogP contribution in [-0.4, -0.2) is 0 Å². The van der Waals surface area contributed by atoms with E-state index in [0.717, 1.165) is 21.9 Å². The fraction of sp³-hybridized carbons (Fsp3) is 0.0526. The lowest BCUT2D eigenvalue weighted by Gasteiger charge is -2.01. The summed E-state index contributed by atoms with van der Waals surface area (Å²) < 4.78 is 45.9. The Kier molecular flexibility index (Phi) is 1.55. The summed E-state index contributed by atoms with van der Waals surface area (Å²) in [5, 5.41) is 1.80. The number of hydrogen-bond acceptors (Lipinski definition) is 1. The van der Waals surface area contributed by atoms with Gasteiger partial charge in [-0.1, -0.05) is 60.5 Å². The lowest BCUT2D eigenvalue weighted by atomic mass is 10.0. The number of para-hydroxylation sites is 1. The number of rotatable bonds is 1. The quantitative estimate of drug-likeness (QED) is 0.438. The molecule has 0 N–H and O–H groups in total. The van der Waals surface area contributed by atoms with Crippen molar-refractivity contribution in [3.63, 3.8) is 0 Å². The highest BCUT2D eigenvalue weighted by Crippen LogP contribution is 2.35. The first-order chi connectivity index (χ1) is 11.9. The molecule has 1 aromatic heterocycles. The minimum absolute atomic E-state index is 0.160. The molecule has 4 rings (SSSR count). The molecule has 1 heterocycles. The molecule has 0 bridgehead atoms. The Labute approximate surface area is 124 Å². The number of furan rings is 1. The molecule has 0 amide bonds.